The molecule has 2 aromatic rings. The highest BCUT2D eigenvalue weighted by molar-refractivity contribution is 9.10. The third kappa shape index (κ3) is 3.51. The lowest BCUT2D eigenvalue weighted by Gasteiger charge is -2.21. The zero-order valence-electron chi connectivity index (χ0n) is 10.5. The van der Waals surface area contributed by atoms with Gasteiger partial charge in [-0.15, -0.1) is 0 Å². The molecule has 0 aliphatic heterocycles. The van der Waals surface area contributed by atoms with Crippen LogP contribution in [-0.4, -0.2) is 6.54 Å². The maximum Gasteiger partial charge on any atom is 0.0606 e. The topological polar surface area (TPSA) is 12.0 Å². The maximum absolute atomic E-state index is 6.35. The first-order chi connectivity index (χ1) is 9.13. The first-order valence-electron chi connectivity index (χ1n) is 6.06. The first kappa shape index (κ1) is 14.9. The highest BCUT2D eigenvalue weighted by atomic mass is 79.9. The quantitative estimate of drug-likeness (QED) is 0.765. The van der Waals surface area contributed by atoms with Gasteiger partial charge in [0.15, 0.2) is 0 Å². The van der Waals surface area contributed by atoms with Crippen LogP contribution in [0.5, 0.6) is 0 Å². The van der Waals surface area contributed by atoms with E-state index in [1.165, 1.54) is 0 Å². The second-order valence-electron chi connectivity index (χ2n) is 4.18. The van der Waals surface area contributed by atoms with E-state index in [1.807, 2.05) is 42.5 Å². The SMILES string of the molecule is CCNC(c1ccccc1Cl)c1ccc(Br)cc1Cl. The van der Waals surface area contributed by atoms with E-state index in [2.05, 4.69) is 28.2 Å². The molecule has 0 spiro atoms. The molecule has 1 atom stereocenters. The van der Waals surface area contributed by atoms with Gasteiger partial charge in [0.1, 0.15) is 0 Å². The second-order valence-corrected chi connectivity index (χ2v) is 5.91. The average molecular weight is 359 g/mol. The Morgan fingerprint density at radius 2 is 1.74 bits per heavy atom. The molecule has 0 aromatic heterocycles. The first-order valence-corrected chi connectivity index (χ1v) is 7.61. The Labute approximate surface area is 132 Å². The van der Waals surface area contributed by atoms with Gasteiger partial charge in [0.2, 0.25) is 0 Å². The summed E-state index contributed by atoms with van der Waals surface area (Å²) < 4.78 is 0.968. The van der Waals surface area contributed by atoms with Crippen LogP contribution in [0.1, 0.15) is 24.1 Å². The minimum atomic E-state index is -0.000648. The van der Waals surface area contributed by atoms with Crippen molar-refractivity contribution in [1.29, 1.82) is 0 Å². The Balaban J connectivity index is 2.48. The maximum atomic E-state index is 6.35. The molecule has 0 aliphatic carbocycles. The summed E-state index contributed by atoms with van der Waals surface area (Å²) in [6, 6.07) is 13.7. The smallest absolute Gasteiger partial charge is 0.0606 e. The molecule has 0 aliphatic rings. The molecule has 1 N–H and O–H groups in total. The van der Waals surface area contributed by atoms with Crippen LogP contribution in [0.15, 0.2) is 46.9 Å². The van der Waals surface area contributed by atoms with E-state index in [4.69, 9.17) is 23.2 Å². The Hall–Kier alpha value is -0.540. The van der Waals surface area contributed by atoms with Crippen LogP contribution in [0.2, 0.25) is 10.0 Å². The molecule has 2 aromatic carbocycles. The van der Waals surface area contributed by atoms with Gasteiger partial charge < -0.3 is 5.32 Å². The van der Waals surface area contributed by atoms with E-state index >= 15 is 0 Å². The fourth-order valence-corrected chi connectivity index (χ4v) is 3.06. The average Bonchev–Trinajstić information content (AvgIpc) is 2.38. The fourth-order valence-electron chi connectivity index (χ4n) is 2.04. The van der Waals surface area contributed by atoms with E-state index in [-0.39, 0.29) is 6.04 Å². The zero-order chi connectivity index (χ0) is 13.8. The number of nitrogens with one attached hydrogen (secondary N) is 1. The highest BCUT2D eigenvalue weighted by Gasteiger charge is 2.18. The molecular weight excluding hydrogens is 345 g/mol. The summed E-state index contributed by atoms with van der Waals surface area (Å²) in [4.78, 5) is 0. The summed E-state index contributed by atoms with van der Waals surface area (Å²) in [6.45, 7) is 2.90. The van der Waals surface area contributed by atoms with Crippen molar-refractivity contribution >= 4 is 39.1 Å². The van der Waals surface area contributed by atoms with Crippen molar-refractivity contribution in [3.8, 4) is 0 Å². The van der Waals surface area contributed by atoms with Crippen LogP contribution < -0.4 is 5.32 Å². The van der Waals surface area contributed by atoms with Crippen molar-refractivity contribution in [2.45, 2.75) is 13.0 Å². The Kier molecular flexibility index (Phi) is 5.28. The number of hydrogen-bond donors (Lipinski definition) is 1. The fraction of sp³-hybridized carbons (Fsp3) is 0.200. The molecular formula is C15H14BrCl2N. The van der Waals surface area contributed by atoms with E-state index in [1.54, 1.807) is 0 Å². The molecule has 2 rings (SSSR count). The molecule has 100 valence electrons. The standard InChI is InChI=1S/C15H14BrCl2N/c1-2-19-15(11-5-3-4-6-13(11)17)12-8-7-10(16)9-14(12)18/h3-9,15,19H,2H2,1H3. The van der Waals surface area contributed by atoms with Crippen molar-refractivity contribution in [2.75, 3.05) is 6.54 Å². The lowest BCUT2D eigenvalue weighted by atomic mass is 9.98. The van der Waals surface area contributed by atoms with E-state index in [0.29, 0.717) is 0 Å². The summed E-state index contributed by atoms with van der Waals surface area (Å²) in [5, 5.41) is 4.90. The van der Waals surface area contributed by atoms with Gasteiger partial charge in [-0.25, -0.2) is 0 Å². The van der Waals surface area contributed by atoms with Crippen molar-refractivity contribution in [3.63, 3.8) is 0 Å². The van der Waals surface area contributed by atoms with Gasteiger partial charge in [0, 0.05) is 14.5 Å². The van der Waals surface area contributed by atoms with Crippen molar-refractivity contribution in [3.05, 3.63) is 68.1 Å². The molecule has 0 saturated heterocycles. The molecule has 4 heteroatoms. The largest absolute Gasteiger partial charge is 0.306 e. The van der Waals surface area contributed by atoms with Gasteiger partial charge in [0.25, 0.3) is 0 Å². The Morgan fingerprint density at radius 3 is 2.37 bits per heavy atom. The van der Waals surface area contributed by atoms with Crippen molar-refractivity contribution in [1.82, 2.24) is 5.32 Å². The van der Waals surface area contributed by atoms with Gasteiger partial charge in [-0.1, -0.05) is 70.3 Å². The van der Waals surface area contributed by atoms with Gasteiger partial charge in [0.05, 0.1) is 6.04 Å². The van der Waals surface area contributed by atoms with E-state index in [9.17, 15) is 0 Å². The van der Waals surface area contributed by atoms with Gasteiger partial charge in [-0.3, -0.25) is 0 Å². The van der Waals surface area contributed by atoms with Crippen LogP contribution in [-0.2, 0) is 0 Å². The zero-order valence-corrected chi connectivity index (χ0v) is 13.6. The number of benzene rings is 2. The predicted molar refractivity (Wildman–Crippen MR) is 86.1 cm³/mol. The van der Waals surface area contributed by atoms with Crippen LogP contribution >= 0.6 is 39.1 Å². The minimum absolute atomic E-state index is 0.000648. The minimum Gasteiger partial charge on any atom is -0.306 e. The summed E-state index contributed by atoms with van der Waals surface area (Å²) in [5.74, 6) is 0. The summed E-state index contributed by atoms with van der Waals surface area (Å²) in [7, 11) is 0. The normalized spacial score (nSPS) is 12.4. The summed E-state index contributed by atoms with van der Waals surface area (Å²) >= 11 is 16.1. The molecule has 0 saturated carbocycles. The Bertz CT molecular complexity index is 572. The molecule has 0 radical (unpaired) electrons. The van der Waals surface area contributed by atoms with E-state index < -0.39 is 0 Å². The molecule has 0 amide bonds. The Morgan fingerprint density at radius 1 is 1.05 bits per heavy atom. The number of halogens is 3. The summed E-state index contributed by atoms with van der Waals surface area (Å²) in [6.07, 6.45) is 0. The monoisotopic (exact) mass is 357 g/mol. The molecule has 1 nitrogen and oxygen atoms in total. The van der Waals surface area contributed by atoms with Gasteiger partial charge >= 0.3 is 0 Å². The molecule has 0 heterocycles. The second kappa shape index (κ2) is 6.76. The highest BCUT2D eigenvalue weighted by Crippen LogP contribution is 2.33. The third-order valence-electron chi connectivity index (χ3n) is 2.90. The molecule has 1 unspecified atom stereocenters. The van der Waals surface area contributed by atoms with Crippen molar-refractivity contribution in [2.24, 2.45) is 0 Å². The van der Waals surface area contributed by atoms with Gasteiger partial charge in [-0.2, -0.15) is 0 Å². The number of rotatable bonds is 4. The van der Waals surface area contributed by atoms with Gasteiger partial charge in [-0.05, 0) is 35.9 Å². The van der Waals surface area contributed by atoms with Crippen LogP contribution in [0.25, 0.3) is 0 Å². The van der Waals surface area contributed by atoms with Crippen LogP contribution in [0.4, 0.5) is 0 Å². The predicted octanol–water partition coefficient (Wildman–Crippen LogP) is 5.45. The summed E-state index contributed by atoms with van der Waals surface area (Å²) in [5.41, 5.74) is 2.06. The molecule has 0 fully saturated rings. The third-order valence-corrected chi connectivity index (χ3v) is 4.06. The van der Waals surface area contributed by atoms with Crippen LogP contribution in [0, 0.1) is 0 Å². The molecule has 19 heavy (non-hydrogen) atoms. The molecule has 0 bridgehead atoms. The van der Waals surface area contributed by atoms with Crippen molar-refractivity contribution < 1.29 is 0 Å². The number of hydrogen-bond acceptors (Lipinski definition) is 1. The van der Waals surface area contributed by atoms with E-state index in [0.717, 1.165) is 32.2 Å². The lowest BCUT2D eigenvalue weighted by molar-refractivity contribution is 0.631. The van der Waals surface area contributed by atoms with Crippen LogP contribution in [0.3, 0.4) is 0 Å². The lowest BCUT2D eigenvalue weighted by Crippen LogP contribution is -2.22.